The van der Waals surface area contributed by atoms with Crippen LogP contribution < -0.4 is 15.4 Å². The average molecular weight is 365 g/mol. The third-order valence-corrected chi connectivity index (χ3v) is 4.23. The minimum Gasteiger partial charge on any atom is -0.494 e. The standard InChI is InChI=1S/C21H23N3O3/c1-3-27-17-10-8-16(9-11-17)24-21(26)20(23-14(2)25)12-15-13-22-19-7-5-4-6-18(15)19/h4-11,13,20,22H,3,12H2,1-2H3,(H,23,25)(H,24,26)/t20-/m0/s1. The average Bonchev–Trinajstić information content (AvgIpc) is 3.06. The summed E-state index contributed by atoms with van der Waals surface area (Å²) in [5, 5.41) is 6.65. The highest BCUT2D eigenvalue weighted by Crippen LogP contribution is 2.20. The van der Waals surface area contributed by atoms with E-state index >= 15 is 0 Å². The first-order chi connectivity index (χ1) is 13.1. The molecule has 140 valence electrons. The number of hydrogen-bond donors (Lipinski definition) is 3. The highest BCUT2D eigenvalue weighted by atomic mass is 16.5. The fourth-order valence-electron chi connectivity index (χ4n) is 3.01. The zero-order valence-electron chi connectivity index (χ0n) is 15.4. The smallest absolute Gasteiger partial charge is 0.247 e. The molecule has 0 unspecified atom stereocenters. The normalized spacial score (nSPS) is 11.8. The number of amides is 2. The van der Waals surface area contributed by atoms with Crippen LogP contribution in [-0.4, -0.2) is 29.4 Å². The van der Waals surface area contributed by atoms with Crippen LogP contribution in [0.4, 0.5) is 5.69 Å². The highest BCUT2D eigenvalue weighted by Gasteiger charge is 2.21. The van der Waals surface area contributed by atoms with Crippen LogP contribution >= 0.6 is 0 Å². The fourth-order valence-corrected chi connectivity index (χ4v) is 3.01. The second kappa shape index (κ2) is 8.40. The van der Waals surface area contributed by atoms with Crippen molar-refractivity contribution in [3.05, 3.63) is 60.3 Å². The molecule has 1 atom stereocenters. The van der Waals surface area contributed by atoms with Crippen molar-refractivity contribution in [1.29, 1.82) is 0 Å². The summed E-state index contributed by atoms with van der Waals surface area (Å²) in [6, 6.07) is 14.4. The molecular formula is C21H23N3O3. The predicted molar refractivity (Wildman–Crippen MR) is 106 cm³/mol. The number of nitrogens with one attached hydrogen (secondary N) is 3. The molecule has 0 fully saturated rings. The Bertz CT molecular complexity index is 931. The summed E-state index contributed by atoms with van der Waals surface area (Å²) in [7, 11) is 0. The van der Waals surface area contributed by atoms with E-state index < -0.39 is 6.04 Å². The molecule has 2 aromatic carbocycles. The molecule has 6 heteroatoms. The number of fused-ring (bicyclic) bond motifs is 1. The van der Waals surface area contributed by atoms with Gasteiger partial charge in [0.1, 0.15) is 11.8 Å². The molecule has 2 amide bonds. The van der Waals surface area contributed by atoms with E-state index in [1.54, 1.807) is 24.3 Å². The molecule has 0 radical (unpaired) electrons. The Kier molecular flexibility index (Phi) is 5.76. The number of carbonyl (C=O) groups is 2. The Labute approximate surface area is 157 Å². The molecule has 27 heavy (non-hydrogen) atoms. The van der Waals surface area contributed by atoms with Gasteiger partial charge in [0.25, 0.3) is 0 Å². The first-order valence-electron chi connectivity index (χ1n) is 8.92. The van der Waals surface area contributed by atoms with Crippen LogP contribution in [0.2, 0.25) is 0 Å². The van der Waals surface area contributed by atoms with Crippen LogP contribution in [0, 0.1) is 0 Å². The number of hydrogen-bond acceptors (Lipinski definition) is 3. The molecule has 1 aromatic heterocycles. The lowest BCUT2D eigenvalue weighted by Crippen LogP contribution is -2.44. The first-order valence-corrected chi connectivity index (χ1v) is 8.92. The van der Waals surface area contributed by atoms with Crippen LogP contribution in [0.1, 0.15) is 19.4 Å². The van der Waals surface area contributed by atoms with Gasteiger partial charge in [-0.15, -0.1) is 0 Å². The van der Waals surface area contributed by atoms with Gasteiger partial charge >= 0.3 is 0 Å². The van der Waals surface area contributed by atoms with Gasteiger partial charge in [0.05, 0.1) is 6.61 Å². The van der Waals surface area contributed by atoms with Crippen LogP contribution in [0.25, 0.3) is 10.9 Å². The van der Waals surface area contributed by atoms with Gasteiger partial charge in [-0.1, -0.05) is 18.2 Å². The van der Waals surface area contributed by atoms with Gasteiger partial charge in [-0.2, -0.15) is 0 Å². The number of aromatic amines is 1. The minimum atomic E-state index is -0.673. The van der Waals surface area contributed by atoms with E-state index in [9.17, 15) is 9.59 Å². The third kappa shape index (κ3) is 4.67. The summed E-state index contributed by atoms with van der Waals surface area (Å²) in [5.74, 6) is 0.231. The number of benzene rings is 2. The number of aromatic nitrogens is 1. The number of rotatable bonds is 7. The number of H-pyrrole nitrogens is 1. The van der Waals surface area contributed by atoms with E-state index in [1.165, 1.54) is 6.92 Å². The number of para-hydroxylation sites is 1. The summed E-state index contributed by atoms with van der Waals surface area (Å²) in [4.78, 5) is 27.6. The van der Waals surface area contributed by atoms with Gasteiger partial charge in [-0.25, -0.2) is 0 Å². The monoisotopic (exact) mass is 365 g/mol. The van der Waals surface area contributed by atoms with Gasteiger partial charge in [0.2, 0.25) is 11.8 Å². The molecule has 0 bridgehead atoms. The molecular weight excluding hydrogens is 342 g/mol. The van der Waals surface area contributed by atoms with Gasteiger partial charge < -0.3 is 20.4 Å². The number of anilines is 1. The molecule has 0 aliphatic rings. The van der Waals surface area contributed by atoms with E-state index in [4.69, 9.17) is 4.74 Å². The largest absolute Gasteiger partial charge is 0.494 e. The SMILES string of the molecule is CCOc1ccc(NC(=O)[C@H](Cc2c[nH]c3ccccc23)NC(C)=O)cc1. The third-order valence-electron chi connectivity index (χ3n) is 4.23. The summed E-state index contributed by atoms with van der Waals surface area (Å²) >= 11 is 0. The fraction of sp³-hybridized carbons (Fsp3) is 0.238. The first kappa shape index (κ1) is 18.5. The molecule has 0 spiro atoms. The van der Waals surface area contributed by atoms with Crippen molar-refractivity contribution in [1.82, 2.24) is 10.3 Å². The molecule has 0 saturated carbocycles. The van der Waals surface area contributed by atoms with Crippen molar-refractivity contribution in [2.45, 2.75) is 26.3 Å². The molecule has 0 saturated heterocycles. The molecule has 3 rings (SSSR count). The summed E-state index contributed by atoms with van der Waals surface area (Å²) in [6.07, 6.45) is 2.27. The molecule has 3 aromatic rings. The van der Waals surface area contributed by atoms with Crippen LogP contribution in [0.5, 0.6) is 5.75 Å². The van der Waals surface area contributed by atoms with E-state index in [2.05, 4.69) is 15.6 Å². The summed E-state index contributed by atoms with van der Waals surface area (Å²) in [6.45, 7) is 3.91. The molecule has 0 aliphatic carbocycles. The lowest BCUT2D eigenvalue weighted by Gasteiger charge is -2.17. The van der Waals surface area contributed by atoms with E-state index in [-0.39, 0.29) is 11.8 Å². The van der Waals surface area contributed by atoms with Crippen LogP contribution in [0.3, 0.4) is 0 Å². The summed E-state index contributed by atoms with van der Waals surface area (Å²) < 4.78 is 5.40. The van der Waals surface area contributed by atoms with Crippen molar-refractivity contribution in [2.24, 2.45) is 0 Å². The molecule has 6 nitrogen and oxygen atoms in total. The number of carbonyl (C=O) groups excluding carboxylic acids is 2. The second-order valence-electron chi connectivity index (χ2n) is 6.26. The maximum absolute atomic E-state index is 12.8. The van der Waals surface area contributed by atoms with Crippen molar-refractivity contribution in [2.75, 3.05) is 11.9 Å². The van der Waals surface area contributed by atoms with Crippen molar-refractivity contribution < 1.29 is 14.3 Å². The Morgan fingerprint density at radius 2 is 1.85 bits per heavy atom. The van der Waals surface area contributed by atoms with Gasteiger partial charge in [-0.3, -0.25) is 9.59 Å². The van der Waals surface area contributed by atoms with Crippen LogP contribution in [-0.2, 0) is 16.0 Å². The molecule has 0 aliphatic heterocycles. The maximum Gasteiger partial charge on any atom is 0.247 e. The lowest BCUT2D eigenvalue weighted by molar-refractivity contribution is -0.125. The zero-order valence-corrected chi connectivity index (χ0v) is 15.4. The van der Waals surface area contributed by atoms with E-state index in [0.29, 0.717) is 18.7 Å². The predicted octanol–water partition coefficient (Wildman–Crippen LogP) is 3.25. The second-order valence-corrected chi connectivity index (χ2v) is 6.26. The summed E-state index contributed by atoms with van der Waals surface area (Å²) in [5.41, 5.74) is 2.63. The number of ether oxygens (including phenoxy) is 1. The minimum absolute atomic E-state index is 0.248. The van der Waals surface area contributed by atoms with Crippen molar-refractivity contribution in [3.8, 4) is 5.75 Å². The molecule has 3 N–H and O–H groups in total. The Hall–Kier alpha value is -3.28. The van der Waals surface area contributed by atoms with E-state index in [0.717, 1.165) is 22.2 Å². The quantitative estimate of drug-likeness (QED) is 0.601. The zero-order chi connectivity index (χ0) is 19.2. The lowest BCUT2D eigenvalue weighted by atomic mass is 10.0. The Morgan fingerprint density at radius 1 is 1.11 bits per heavy atom. The van der Waals surface area contributed by atoms with Gasteiger partial charge in [0, 0.05) is 36.1 Å². The van der Waals surface area contributed by atoms with Crippen molar-refractivity contribution in [3.63, 3.8) is 0 Å². The maximum atomic E-state index is 12.8. The Morgan fingerprint density at radius 3 is 2.56 bits per heavy atom. The van der Waals surface area contributed by atoms with Crippen LogP contribution in [0.15, 0.2) is 54.7 Å². The van der Waals surface area contributed by atoms with Gasteiger partial charge in [-0.05, 0) is 42.8 Å². The Balaban J connectivity index is 1.75. The van der Waals surface area contributed by atoms with Crippen molar-refractivity contribution >= 4 is 28.4 Å². The topological polar surface area (TPSA) is 83.2 Å². The highest BCUT2D eigenvalue weighted by molar-refractivity contribution is 5.97. The molecule has 1 heterocycles. The van der Waals surface area contributed by atoms with E-state index in [1.807, 2.05) is 37.4 Å². The van der Waals surface area contributed by atoms with Gasteiger partial charge in [0.15, 0.2) is 0 Å².